The van der Waals surface area contributed by atoms with Crippen LogP contribution in [0.1, 0.15) is 197 Å². The van der Waals surface area contributed by atoms with Crippen molar-refractivity contribution in [2.24, 2.45) is 82.9 Å². The first-order valence-electron chi connectivity index (χ1n) is 21.2. The molecule has 0 aromatic rings. The van der Waals surface area contributed by atoms with Crippen molar-refractivity contribution in [1.82, 2.24) is 0 Å². The molecule has 0 heteroatoms. The number of hydrogen-bond acceptors (Lipinski definition) is 0. The van der Waals surface area contributed by atoms with Gasteiger partial charge in [0.15, 0.2) is 0 Å². The smallest absolute Gasteiger partial charge is 0.0329 e. The van der Waals surface area contributed by atoms with Gasteiger partial charge in [0.1, 0.15) is 0 Å². The third-order valence-electron chi connectivity index (χ3n) is 15.4. The highest BCUT2D eigenvalue weighted by atomic mass is 14.5. The van der Waals surface area contributed by atoms with E-state index in [0.29, 0.717) is 0 Å². The minimum absolute atomic E-state index is 0.839. The molecule has 0 heterocycles. The molecule has 0 saturated heterocycles. The van der Waals surface area contributed by atoms with Crippen LogP contribution in [0.5, 0.6) is 0 Å². The monoisotopic (exact) mass is 611 g/mol. The molecule has 4 fully saturated rings. The summed E-state index contributed by atoms with van der Waals surface area (Å²) in [7, 11) is 0. The molecule has 0 spiro atoms. The van der Waals surface area contributed by atoms with Crippen molar-refractivity contribution in [1.29, 1.82) is 0 Å². The second kappa shape index (κ2) is 18.5. The normalized spacial score (nSPS) is 35.8. The Morgan fingerprint density at radius 2 is 1.32 bits per heavy atom. The van der Waals surface area contributed by atoms with Crippen molar-refractivity contribution in [2.75, 3.05) is 0 Å². The Hall–Kier alpha value is 0. The van der Waals surface area contributed by atoms with Gasteiger partial charge in [0, 0.05) is 0 Å². The van der Waals surface area contributed by atoms with Crippen LogP contribution >= 0.6 is 0 Å². The fourth-order valence-electron chi connectivity index (χ4n) is 12.3. The molecule has 0 aromatic carbocycles. The average molecular weight is 611 g/mol. The molecule has 0 nitrogen and oxygen atoms in total. The Bertz CT molecular complexity index is 752. The third-order valence-corrected chi connectivity index (χ3v) is 15.4. The number of hydrogen-bond donors (Lipinski definition) is 0. The van der Waals surface area contributed by atoms with Crippen LogP contribution in [0, 0.1) is 82.9 Å². The zero-order valence-electron chi connectivity index (χ0n) is 31.6. The van der Waals surface area contributed by atoms with Gasteiger partial charge in [0.2, 0.25) is 0 Å². The molecule has 0 radical (unpaired) electrons. The van der Waals surface area contributed by atoms with Crippen LogP contribution in [0.15, 0.2) is 0 Å². The Kier molecular flexibility index (Phi) is 15.5. The van der Waals surface area contributed by atoms with Crippen LogP contribution in [0.25, 0.3) is 0 Å². The SMILES string of the molecule is CCCCC(C1CCC(C)CC1)C(C(C)C)C1CCC(CCC2CCCC2)CC1C(C)C(CC1CCCCC1C)C(C)CC. The Labute approximate surface area is 278 Å². The molecule has 10 atom stereocenters. The highest BCUT2D eigenvalue weighted by Gasteiger charge is 2.46. The summed E-state index contributed by atoms with van der Waals surface area (Å²) in [5.41, 5.74) is 0. The van der Waals surface area contributed by atoms with Crippen LogP contribution < -0.4 is 0 Å². The molecule has 10 unspecified atom stereocenters. The molecule has 0 aromatic heterocycles. The van der Waals surface area contributed by atoms with Gasteiger partial charge in [-0.15, -0.1) is 0 Å². The largest absolute Gasteiger partial charge is 0.0654 e. The van der Waals surface area contributed by atoms with Gasteiger partial charge in [-0.2, -0.15) is 0 Å². The van der Waals surface area contributed by atoms with E-state index in [1.54, 1.807) is 51.4 Å². The van der Waals surface area contributed by atoms with E-state index >= 15 is 0 Å². The van der Waals surface area contributed by atoms with Gasteiger partial charge in [0.25, 0.3) is 0 Å². The first-order chi connectivity index (χ1) is 21.2. The van der Waals surface area contributed by atoms with Crippen molar-refractivity contribution in [2.45, 2.75) is 197 Å². The van der Waals surface area contributed by atoms with E-state index < -0.39 is 0 Å². The topological polar surface area (TPSA) is 0 Å². The molecule has 44 heavy (non-hydrogen) atoms. The molecule has 0 N–H and O–H groups in total. The van der Waals surface area contributed by atoms with E-state index in [4.69, 9.17) is 0 Å². The van der Waals surface area contributed by atoms with Crippen molar-refractivity contribution >= 4 is 0 Å². The molecule has 4 aliphatic rings. The predicted molar refractivity (Wildman–Crippen MR) is 196 cm³/mol. The van der Waals surface area contributed by atoms with Gasteiger partial charge in [0.05, 0.1) is 0 Å². The fourth-order valence-corrected chi connectivity index (χ4v) is 12.3. The Morgan fingerprint density at radius 3 is 1.95 bits per heavy atom. The molecular weight excluding hydrogens is 528 g/mol. The molecule has 4 rings (SSSR count). The van der Waals surface area contributed by atoms with Gasteiger partial charge in [-0.05, 0) is 121 Å². The first-order valence-corrected chi connectivity index (χ1v) is 21.2. The van der Waals surface area contributed by atoms with Gasteiger partial charge >= 0.3 is 0 Å². The molecular formula is C44H82. The average Bonchev–Trinajstić information content (AvgIpc) is 3.55. The fraction of sp³-hybridized carbons (Fsp3) is 1.00. The molecule has 0 amide bonds. The van der Waals surface area contributed by atoms with Crippen molar-refractivity contribution in [3.05, 3.63) is 0 Å². The lowest BCUT2D eigenvalue weighted by molar-refractivity contribution is -0.0226. The van der Waals surface area contributed by atoms with E-state index in [1.165, 1.54) is 89.9 Å². The summed E-state index contributed by atoms with van der Waals surface area (Å²) in [4.78, 5) is 0. The predicted octanol–water partition coefficient (Wildman–Crippen LogP) is 14.4. The van der Waals surface area contributed by atoms with E-state index in [9.17, 15) is 0 Å². The lowest BCUT2D eigenvalue weighted by atomic mass is 9.54. The maximum absolute atomic E-state index is 2.82. The Balaban J connectivity index is 1.61. The van der Waals surface area contributed by atoms with Crippen LogP contribution in [0.4, 0.5) is 0 Å². The number of unbranched alkanes of at least 4 members (excludes halogenated alkanes) is 1. The summed E-state index contributed by atoms with van der Waals surface area (Å²) >= 11 is 0. The van der Waals surface area contributed by atoms with Crippen LogP contribution in [0.3, 0.4) is 0 Å². The van der Waals surface area contributed by atoms with Crippen molar-refractivity contribution in [3.63, 3.8) is 0 Å². The quantitative estimate of drug-likeness (QED) is 0.163. The second-order valence-corrected chi connectivity index (χ2v) is 18.5. The molecule has 258 valence electrons. The van der Waals surface area contributed by atoms with Crippen molar-refractivity contribution < 1.29 is 0 Å². The molecule has 0 aliphatic heterocycles. The first kappa shape index (κ1) is 36.8. The minimum atomic E-state index is 0.839. The van der Waals surface area contributed by atoms with Crippen LogP contribution in [0.2, 0.25) is 0 Å². The third kappa shape index (κ3) is 10.0. The molecule has 4 saturated carbocycles. The maximum Gasteiger partial charge on any atom is -0.0329 e. The van der Waals surface area contributed by atoms with Crippen LogP contribution in [-0.2, 0) is 0 Å². The summed E-state index contributed by atoms with van der Waals surface area (Å²) in [6, 6.07) is 0. The van der Waals surface area contributed by atoms with Gasteiger partial charge < -0.3 is 0 Å². The van der Waals surface area contributed by atoms with E-state index in [1.807, 2.05) is 0 Å². The zero-order chi connectivity index (χ0) is 31.6. The second-order valence-electron chi connectivity index (χ2n) is 18.5. The molecule has 0 bridgehead atoms. The standard InChI is InChI=1S/C44H82/c1-9-11-20-40(38-26-21-32(5)22-27-38)44(31(3)4)41-28-25-37(24-23-36-17-13-14-18-36)29-43(41)35(8)42(33(6)10-2)30-39-19-15-12-16-34(39)7/h31-44H,9-30H2,1-8H3. The van der Waals surface area contributed by atoms with Crippen LogP contribution in [-0.4, -0.2) is 0 Å². The Morgan fingerprint density at radius 1 is 0.659 bits per heavy atom. The maximum atomic E-state index is 2.82. The van der Waals surface area contributed by atoms with Gasteiger partial charge in [-0.3, -0.25) is 0 Å². The highest BCUT2D eigenvalue weighted by Crippen LogP contribution is 2.54. The lowest BCUT2D eigenvalue weighted by Crippen LogP contribution is -2.44. The van der Waals surface area contributed by atoms with E-state index in [2.05, 4.69) is 55.4 Å². The zero-order valence-corrected chi connectivity index (χ0v) is 31.6. The summed E-state index contributed by atoms with van der Waals surface area (Å²) in [6.45, 7) is 20.9. The highest BCUT2D eigenvalue weighted by molar-refractivity contribution is 4.95. The summed E-state index contributed by atoms with van der Waals surface area (Å²) in [6.07, 6.45) is 33.3. The molecule has 4 aliphatic carbocycles. The van der Waals surface area contributed by atoms with E-state index in [-0.39, 0.29) is 0 Å². The number of rotatable bonds is 16. The minimum Gasteiger partial charge on any atom is -0.0654 e. The van der Waals surface area contributed by atoms with E-state index in [0.717, 1.165) is 82.9 Å². The van der Waals surface area contributed by atoms with Gasteiger partial charge in [-0.25, -0.2) is 0 Å². The van der Waals surface area contributed by atoms with Gasteiger partial charge in [-0.1, -0.05) is 158 Å². The summed E-state index contributed by atoms with van der Waals surface area (Å²) in [5, 5.41) is 0. The van der Waals surface area contributed by atoms with Crippen molar-refractivity contribution in [3.8, 4) is 0 Å². The summed E-state index contributed by atoms with van der Waals surface area (Å²) < 4.78 is 0. The summed E-state index contributed by atoms with van der Waals surface area (Å²) in [5.74, 6) is 13.5. The lowest BCUT2D eigenvalue weighted by Gasteiger charge is -2.51.